The number of ether oxygens (including phenoxy) is 1. The van der Waals surface area contributed by atoms with Crippen molar-refractivity contribution in [2.45, 2.75) is 33.1 Å². The van der Waals surface area contributed by atoms with Crippen LogP contribution in [0.5, 0.6) is 0 Å². The SMILES string of the molecule is C=CCC(C)CCOC(=O)CC. The maximum atomic E-state index is 10.7. The molecule has 0 aliphatic carbocycles. The first-order valence-electron chi connectivity index (χ1n) is 4.47. The Labute approximate surface area is 74.6 Å². The van der Waals surface area contributed by atoms with Crippen LogP contribution >= 0.6 is 0 Å². The van der Waals surface area contributed by atoms with E-state index in [1.807, 2.05) is 6.08 Å². The van der Waals surface area contributed by atoms with Gasteiger partial charge in [-0.3, -0.25) is 4.79 Å². The average Bonchev–Trinajstić information content (AvgIpc) is 2.04. The van der Waals surface area contributed by atoms with Gasteiger partial charge in [-0.1, -0.05) is 19.9 Å². The molecular formula is C10H18O2. The number of carbonyl (C=O) groups excluding carboxylic acids is 1. The lowest BCUT2D eigenvalue weighted by Gasteiger charge is -2.08. The molecule has 0 amide bonds. The molecule has 2 nitrogen and oxygen atoms in total. The lowest BCUT2D eigenvalue weighted by molar-refractivity contribution is -0.143. The average molecular weight is 170 g/mol. The first-order valence-corrected chi connectivity index (χ1v) is 4.47. The third kappa shape index (κ3) is 5.96. The van der Waals surface area contributed by atoms with Gasteiger partial charge in [-0.2, -0.15) is 0 Å². The lowest BCUT2D eigenvalue weighted by Crippen LogP contribution is -2.06. The molecule has 0 saturated carbocycles. The fourth-order valence-corrected chi connectivity index (χ4v) is 0.878. The largest absolute Gasteiger partial charge is 0.466 e. The summed E-state index contributed by atoms with van der Waals surface area (Å²) in [7, 11) is 0. The first-order chi connectivity index (χ1) is 5.70. The minimum Gasteiger partial charge on any atom is -0.466 e. The van der Waals surface area contributed by atoms with Gasteiger partial charge in [0, 0.05) is 6.42 Å². The van der Waals surface area contributed by atoms with Crippen LogP contribution in [0.3, 0.4) is 0 Å². The Hall–Kier alpha value is -0.790. The highest BCUT2D eigenvalue weighted by Crippen LogP contribution is 2.07. The van der Waals surface area contributed by atoms with E-state index in [9.17, 15) is 4.79 Å². The Kier molecular flexibility index (Phi) is 6.44. The van der Waals surface area contributed by atoms with Crippen LogP contribution in [0.2, 0.25) is 0 Å². The van der Waals surface area contributed by atoms with Crippen LogP contribution in [-0.2, 0) is 9.53 Å². The molecule has 0 aromatic heterocycles. The predicted octanol–water partition coefficient (Wildman–Crippen LogP) is 2.54. The number of allylic oxidation sites excluding steroid dienone is 1. The van der Waals surface area contributed by atoms with Crippen LogP contribution in [0.15, 0.2) is 12.7 Å². The van der Waals surface area contributed by atoms with Crippen LogP contribution in [0.1, 0.15) is 33.1 Å². The highest BCUT2D eigenvalue weighted by atomic mass is 16.5. The molecule has 0 fully saturated rings. The lowest BCUT2D eigenvalue weighted by atomic mass is 10.1. The first kappa shape index (κ1) is 11.2. The zero-order chi connectivity index (χ0) is 9.40. The van der Waals surface area contributed by atoms with Crippen LogP contribution < -0.4 is 0 Å². The number of rotatable bonds is 6. The molecule has 0 radical (unpaired) electrons. The summed E-state index contributed by atoms with van der Waals surface area (Å²) in [5, 5.41) is 0. The van der Waals surface area contributed by atoms with Gasteiger partial charge >= 0.3 is 5.97 Å². The molecule has 1 unspecified atom stereocenters. The minimum atomic E-state index is -0.110. The summed E-state index contributed by atoms with van der Waals surface area (Å²) < 4.78 is 4.93. The van der Waals surface area contributed by atoms with E-state index in [0.29, 0.717) is 18.9 Å². The van der Waals surface area contributed by atoms with E-state index in [1.54, 1.807) is 6.92 Å². The summed E-state index contributed by atoms with van der Waals surface area (Å²) >= 11 is 0. The zero-order valence-corrected chi connectivity index (χ0v) is 8.01. The molecular weight excluding hydrogens is 152 g/mol. The second-order valence-electron chi connectivity index (χ2n) is 2.99. The highest BCUT2D eigenvalue weighted by Gasteiger charge is 2.01. The maximum Gasteiger partial charge on any atom is 0.305 e. The fourth-order valence-electron chi connectivity index (χ4n) is 0.878. The fraction of sp³-hybridized carbons (Fsp3) is 0.700. The Morgan fingerprint density at radius 2 is 2.33 bits per heavy atom. The molecule has 1 atom stereocenters. The van der Waals surface area contributed by atoms with Crippen molar-refractivity contribution in [1.29, 1.82) is 0 Å². The zero-order valence-electron chi connectivity index (χ0n) is 8.01. The van der Waals surface area contributed by atoms with Crippen molar-refractivity contribution in [3.63, 3.8) is 0 Å². The molecule has 0 rings (SSSR count). The van der Waals surface area contributed by atoms with Crippen LogP contribution in [0, 0.1) is 5.92 Å². The van der Waals surface area contributed by atoms with E-state index in [4.69, 9.17) is 4.74 Å². The van der Waals surface area contributed by atoms with E-state index in [2.05, 4.69) is 13.5 Å². The topological polar surface area (TPSA) is 26.3 Å². The van der Waals surface area contributed by atoms with Crippen molar-refractivity contribution in [3.8, 4) is 0 Å². The molecule has 0 aromatic carbocycles. The molecule has 12 heavy (non-hydrogen) atoms. The summed E-state index contributed by atoms with van der Waals surface area (Å²) in [6.45, 7) is 8.12. The monoisotopic (exact) mass is 170 g/mol. The Bertz CT molecular complexity index is 141. The van der Waals surface area contributed by atoms with Gasteiger partial charge in [0.1, 0.15) is 0 Å². The summed E-state index contributed by atoms with van der Waals surface area (Å²) in [5.74, 6) is 0.452. The van der Waals surface area contributed by atoms with Crippen molar-refractivity contribution in [2.75, 3.05) is 6.61 Å². The summed E-state index contributed by atoms with van der Waals surface area (Å²) in [4.78, 5) is 10.7. The standard InChI is InChI=1S/C10H18O2/c1-4-6-9(3)7-8-12-10(11)5-2/h4,9H,1,5-8H2,2-3H3. The van der Waals surface area contributed by atoms with Gasteiger partial charge in [0.15, 0.2) is 0 Å². The van der Waals surface area contributed by atoms with E-state index in [1.165, 1.54) is 0 Å². The molecule has 0 N–H and O–H groups in total. The van der Waals surface area contributed by atoms with Gasteiger partial charge in [0.2, 0.25) is 0 Å². The number of esters is 1. The van der Waals surface area contributed by atoms with Crippen molar-refractivity contribution in [3.05, 3.63) is 12.7 Å². The third-order valence-corrected chi connectivity index (χ3v) is 1.73. The van der Waals surface area contributed by atoms with Crippen LogP contribution in [0.4, 0.5) is 0 Å². The molecule has 0 bridgehead atoms. The number of hydrogen-bond acceptors (Lipinski definition) is 2. The molecule has 0 heterocycles. The van der Waals surface area contributed by atoms with E-state index in [0.717, 1.165) is 12.8 Å². The van der Waals surface area contributed by atoms with Gasteiger partial charge in [-0.05, 0) is 18.8 Å². The smallest absolute Gasteiger partial charge is 0.305 e. The van der Waals surface area contributed by atoms with Gasteiger partial charge in [-0.25, -0.2) is 0 Å². The summed E-state index contributed by atoms with van der Waals surface area (Å²) in [6.07, 6.45) is 4.28. The highest BCUT2D eigenvalue weighted by molar-refractivity contribution is 5.68. The van der Waals surface area contributed by atoms with E-state index < -0.39 is 0 Å². The molecule has 0 aliphatic rings. The van der Waals surface area contributed by atoms with Crippen molar-refractivity contribution in [1.82, 2.24) is 0 Å². The third-order valence-electron chi connectivity index (χ3n) is 1.73. The Morgan fingerprint density at radius 1 is 1.67 bits per heavy atom. The van der Waals surface area contributed by atoms with Crippen LogP contribution in [-0.4, -0.2) is 12.6 Å². The molecule has 0 aliphatic heterocycles. The minimum absolute atomic E-state index is 0.110. The quantitative estimate of drug-likeness (QED) is 0.452. The molecule has 70 valence electrons. The van der Waals surface area contributed by atoms with Gasteiger partial charge in [0.25, 0.3) is 0 Å². The van der Waals surface area contributed by atoms with Crippen LogP contribution in [0.25, 0.3) is 0 Å². The van der Waals surface area contributed by atoms with Crippen molar-refractivity contribution < 1.29 is 9.53 Å². The maximum absolute atomic E-state index is 10.7. The predicted molar refractivity (Wildman–Crippen MR) is 49.8 cm³/mol. The Balaban J connectivity index is 3.29. The number of carbonyl (C=O) groups is 1. The summed E-state index contributed by atoms with van der Waals surface area (Å²) in [6, 6.07) is 0. The normalized spacial score (nSPS) is 12.2. The molecule has 2 heteroatoms. The second kappa shape index (κ2) is 6.89. The van der Waals surface area contributed by atoms with Gasteiger partial charge in [0.05, 0.1) is 6.61 Å². The van der Waals surface area contributed by atoms with E-state index >= 15 is 0 Å². The van der Waals surface area contributed by atoms with E-state index in [-0.39, 0.29) is 5.97 Å². The van der Waals surface area contributed by atoms with Crippen molar-refractivity contribution in [2.24, 2.45) is 5.92 Å². The van der Waals surface area contributed by atoms with Gasteiger partial charge < -0.3 is 4.74 Å². The van der Waals surface area contributed by atoms with Crippen molar-refractivity contribution >= 4 is 5.97 Å². The second-order valence-corrected chi connectivity index (χ2v) is 2.99. The molecule has 0 saturated heterocycles. The molecule has 0 aromatic rings. The number of hydrogen-bond donors (Lipinski definition) is 0. The van der Waals surface area contributed by atoms with Gasteiger partial charge in [-0.15, -0.1) is 6.58 Å². The summed E-state index contributed by atoms with van der Waals surface area (Å²) in [5.41, 5.74) is 0. The Morgan fingerprint density at radius 3 is 2.83 bits per heavy atom. The molecule has 0 spiro atoms.